The van der Waals surface area contributed by atoms with E-state index in [0.717, 1.165) is 25.7 Å². The van der Waals surface area contributed by atoms with Crippen LogP contribution in [0.1, 0.15) is 49.4 Å². The van der Waals surface area contributed by atoms with Gasteiger partial charge in [-0.3, -0.25) is 15.0 Å². The molecule has 0 saturated heterocycles. The minimum Gasteiger partial charge on any atom is -0.334 e. The lowest BCUT2D eigenvalue weighted by Crippen LogP contribution is -2.50. The highest BCUT2D eigenvalue weighted by Gasteiger charge is 2.16. The van der Waals surface area contributed by atoms with Crippen molar-refractivity contribution < 1.29 is 14.4 Å². The molecule has 4 N–H and O–H groups in total. The van der Waals surface area contributed by atoms with Gasteiger partial charge in [0.25, 0.3) is 5.91 Å². The molecule has 1 fully saturated rings. The topological polar surface area (TPSA) is 99.3 Å². The van der Waals surface area contributed by atoms with Crippen LogP contribution in [0.25, 0.3) is 0 Å². The molecule has 0 spiro atoms. The van der Waals surface area contributed by atoms with E-state index in [1.54, 1.807) is 24.3 Å². The Balaban J connectivity index is 1.77. The van der Waals surface area contributed by atoms with E-state index in [1.165, 1.54) is 13.3 Å². The third-order valence-electron chi connectivity index (χ3n) is 3.70. The standard InChI is InChI=1S/C16H22N4O3/c1-11(21)17-14-9-7-12(8-10-14)15(22)19-20-16(23)18-13-5-3-2-4-6-13/h7-10,13H,2-6H2,1H3,(H,17,21)(H,19,22)(H2,18,20,23). The van der Waals surface area contributed by atoms with Gasteiger partial charge in [0.05, 0.1) is 0 Å². The zero-order valence-electron chi connectivity index (χ0n) is 13.1. The van der Waals surface area contributed by atoms with Crippen LogP contribution in [-0.4, -0.2) is 23.9 Å². The number of hydrogen-bond acceptors (Lipinski definition) is 3. The fourth-order valence-electron chi connectivity index (χ4n) is 2.56. The van der Waals surface area contributed by atoms with Crippen LogP contribution in [0.4, 0.5) is 10.5 Å². The van der Waals surface area contributed by atoms with E-state index in [4.69, 9.17) is 0 Å². The Morgan fingerprint density at radius 1 is 0.957 bits per heavy atom. The number of carbonyl (C=O) groups excluding carboxylic acids is 3. The Labute approximate surface area is 135 Å². The predicted molar refractivity (Wildman–Crippen MR) is 86.8 cm³/mol. The van der Waals surface area contributed by atoms with Crippen LogP contribution in [0.15, 0.2) is 24.3 Å². The van der Waals surface area contributed by atoms with Gasteiger partial charge in [0, 0.05) is 24.2 Å². The van der Waals surface area contributed by atoms with Gasteiger partial charge in [-0.1, -0.05) is 19.3 Å². The molecule has 1 aromatic carbocycles. The van der Waals surface area contributed by atoms with Gasteiger partial charge in [0.15, 0.2) is 0 Å². The fourth-order valence-corrected chi connectivity index (χ4v) is 2.56. The van der Waals surface area contributed by atoms with E-state index >= 15 is 0 Å². The number of nitrogens with one attached hydrogen (secondary N) is 4. The summed E-state index contributed by atoms with van der Waals surface area (Å²) in [7, 11) is 0. The van der Waals surface area contributed by atoms with Crippen molar-refractivity contribution in [1.82, 2.24) is 16.2 Å². The zero-order valence-corrected chi connectivity index (χ0v) is 13.1. The minimum absolute atomic E-state index is 0.178. The molecule has 4 amide bonds. The summed E-state index contributed by atoms with van der Waals surface area (Å²) in [5, 5.41) is 5.46. The molecular weight excluding hydrogens is 296 g/mol. The van der Waals surface area contributed by atoms with Gasteiger partial charge in [-0.05, 0) is 37.1 Å². The number of amides is 4. The van der Waals surface area contributed by atoms with Crippen molar-refractivity contribution in [3.05, 3.63) is 29.8 Å². The number of hydrogen-bond donors (Lipinski definition) is 4. The third kappa shape index (κ3) is 5.61. The first kappa shape index (κ1) is 16.8. The van der Waals surface area contributed by atoms with Crippen LogP contribution in [0.5, 0.6) is 0 Å². The number of rotatable bonds is 3. The van der Waals surface area contributed by atoms with Crippen molar-refractivity contribution in [1.29, 1.82) is 0 Å². The summed E-state index contributed by atoms with van der Waals surface area (Å²) < 4.78 is 0. The van der Waals surface area contributed by atoms with Crippen molar-refractivity contribution in [3.8, 4) is 0 Å². The van der Waals surface area contributed by atoms with Gasteiger partial charge in [0.1, 0.15) is 0 Å². The molecule has 0 aromatic heterocycles. The molecular formula is C16H22N4O3. The van der Waals surface area contributed by atoms with Gasteiger partial charge < -0.3 is 10.6 Å². The molecule has 2 rings (SSSR count). The lowest BCUT2D eigenvalue weighted by atomic mass is 9.96. The average Bonchev–Trinajstić information content (AvgIpc) is 2.54. The molecule has 124 valence electrons. The molecule has 1 aromatic rings. The zero-order chi connectivity index (χ0) is 16.7. The van der Waals surface area contributed by atoms with Crippen LogP contribution in [0, 0.1) is 0 Å². The molecule has 7 nitrogen and oxygen atoms in total. The van der Waals surface area contributed by atoms with Gasteiger partial charge in [-0.2, -0.15) is 0 Å². The molecule has 0 radical (unpaired) electrons. The SMILES string of the molecule is CC(=O)Nc1ccc(C(=O)NNC(=O)NC2CCCCC2)cc1. The third-order valence-corrected chi connectivity index (χ3v) is 3.70. The van der Waals surface area contributed by atoms with Crippen LogP contribution in [-0.2, 0) is 4.79 Å². The average molecular weight is 318 g/mol. The molecule has 7 heteroatoms. The second kappa shape index (κ2) is 8.17. The quantitative estimate of drug-likeness (QED) is 0.641. The summed E-state index contributed by atoms with van der Waals surface area (Å²) in [6.45, 7) is 1.41. The highest BCUT2D eigenvalue weighted by molar-refractivity contribution is 5.96. The molecule has 1 saturated carbocycles. The molecule has 0 unspecified atom stereocenters. The van der Waals surface area contributed by atoms with Gasteiger partial charge >= 0.3 is 6.03 Å². The van der Waals surface area contributed by atoms with E-state index in [0.29, 0.717) is 11.3 Å². The lowest BCUT2D eigenvalue weighted by molar-refractivity contribution is -0.114. The van der Waals surface area contributed by atoms with Crippen molar-refractivity contribution in [3.63, 3.8) is 0 Å². The summed E-state index contributed by atoms with van der Waals surface area (Å²) >= 11 is 0. The Morgan fingerprint density at radius 2 is 1.61 bits per heavy atom. The Bertz CT molecular complexity index is 565. The van der Waals surface area contributed by atoms with Crippen molar-refractivity contribution in [2.24, 2.45) is 0 Å². The molecule has 0 heterocycles. The monoisotopic (exact) mass is 318 g/mol. The summed E-state index contributed by atoms with van der Waals surface area (Å²) in [5.41, 5.74) is 5.71. The number of urea groups is 1. The number of anilines is 1. The number of benzene rings is 1. The Hall–Kier alpha value is -2.57. The van der Waals surface area contributed by atoms with E-state index < -0.39 is 11.9 Å². The fraction of sp³-hybridized carbons (Fsp3) is 0.438. The second-order valence-electron chi connectivity index (χ2n) is 5.65. The number of hydrazine groups is 1. The Kier molecular flexibility index (Phi) is 5.96. The summed E-state index contributed by atoms with van der Waals surface area (Å²) in [5.74, 6) is -0.596. The van der Waals surface area contributed by atoms with Crippen LogP contribution in [0.3, 0.4) is 0 Å². The summed E-state index contributed by atoms with van der Waals surface area (Å²) in [4.78, 5) is 34.6. The number of carbonyl (C=O) groups is 3. The maximum absolute atomic E-state index is 11.9. The Morgan fingerprint density at radius 3 is 2.22 bits per heavy atom. The lowest BCUT2D eigenvalue weighted by Gasteiger charge is -2.22. The van der Waals surface area contributed by atoms with Crippen molar-refractivity contribution >= 4 is 23.5 Å². The van der Waals surface area contributed by atoms with E-state index in [2.05, 4.69) is 21.5 Å². The molecule has 23 heavy (non-hydrogen) atoms. The highest BCUT2D eigenvalue weighted by atomic mass is 16.2. The van der Waals surface area contributed by atoms with E-state index in [-0.39, 0.29) is 11.9 Å². The molecule has 1 aliphatic carbocycles. The van der Waals surface area contributed by atoms with E-state index in [1.807, 2.05) is 0 Å². The predicted octanol–water partition coefficient (Wildman–Crippen LogP) is 1.92. The molecule has 0 bridgehead atoms. The van der Waals surface area contributed by atoms with Gasteiger partial charge in [-0.15, -0.1) is 0 Å². The van der Waals surface area contributed by atoms with Crippen molar-refractivity contribution in [2.75, 3.05) is 5.32 Å². The van der Waals surface area contributed by atoms with Crippen LogP contribution < -0.4 is 21.5 Å². The van der Waals surface area contributed by atoms with Crippen molar-refractivity contribution in [2.45, 2.75) is 45.1 Å². The first-order chi connectivity index (χ1) is 11.0. The highest BCUT2D eigenvalue weighted by Crippen LogP contribution is 2.17. The summed E-state index contributed by atoms with van der Waals surface area (Å²) in [6, 6.07) is 6.16. The van der Waals surface area contributed by atoms with Crippen LogP contribution >= 0.6 is 0 Å². The molecule has 0 atom stereocenters. The second-order valence-corrected chi connectivity index (χ2v) is 5.65. The smallest absolute Gasteiger partial charge is 0.333 e. The first-order valence-electron chi connectivity index (χ1n) is 7.79. The summed E-state index contributed by atoms with van der Waals surface area (Å²) in [6.07, 6.45) is 5.42. The normalized spacial score (nSPS) is 14.7. The molecule has 0 aliphatic heterocycles. The van der Waals surface area contributed by atoms with E-state index in [9.17, 15) is 14.4 Å². The van der Waals surface area contributed by atoms with Gasteiger partial charge in [-0.25, -0.2) is 10.2 Å². The maximum atomic E-state index is 11.9. The minimum atomic E-state index is -0.418. The maximum Gasteiger partial charge on any atom is 0.333 e. The molecule has 1 aliphatic rings. The van der Waals surface area contributed by atoms with Gasteiger partial charge in [0.2, 0.25) is 5.91 Å². The van der Waals surface area contributed by atoms with Crippen LogP contribution in [0.2, 0.25) is 0 Å². The largest absolute Gasteiger partial charge is 0.334 e. The first-order valence-corrected chi connectivity index (χ1v) is 7.79.